The second-order valence-corrected chi connectivity index (χ2v) is 3.43. The normalized spacial score (nSPS) is 20.9. The van der Waals surface area contributed by atoms with Gasteiger partial charge in [-0.1, -0.05) is 6.92 Å². The lowest BCUT2D eigenvalue weighted by Crippen LogP contribution is -2.37. The fourth-order valence-corrected chi connectivity index (χ4v) is 1.59. The van der Waals surface area contributed by atoms with Crippen LogP contribution in [0.2, 0.25) is 0 Å². The molecule has 0 aromatic carbocycles. The van der Waals surface area contributed by atoms with Crippen LogP contribution in [-0.4, -0.2) is 36.6 Å². The van der Waals surface area contributed by atoms with Gasteiger partial charge in [0.15, 0.2) is 0 Å². The molecule has 1 unspecified atom stereocenters. The first-order valence-electron chi connectivity index (χ1n) is 5.06. The number of carbonyl (C=O) groups is 1. The zero-order chi connectivity index (χ0) is 10.4. The molecule has 1 amide bonds. The smallest absolute Gasteiger partial charge is 0.249 e. The summed E-state index contributed by atoms with van der Waals surface area (Å²) in [4.78, 5) is 13.2. The van der Waals surface area contributed by atoms with E-state index in [4.69, 9.17) is 10.00 Å². The van der Waals surface area contributed by atoms with Gasteiger partial charge in [0.2, 0.25) is 5.91 Å². The van der Waals surface area contributed by atoms with Crippen molar-refractivity contribution in [1.82, 2.24) is 4.90 Å². The molecule has 4 nitrogen and oxygen atoms in total. The van der Waals surface area contributed by atoms with Crippen molar-refractivity contribution in [3.8, 4) is 6.07 Å². The van der Waals surface area contributed by atoms with Crippen molar-refractivity contribution in [1.29, 1.82) is 5.26 Å². The zero-order valence-electron chi connectivity index (χ0n) is 8.53. The third-order valence-electron chi connectivity index (χ3n) is 2.30. The number of likely N-dealkylation sites (tertiary alicyclic amines) is 1. The van der Waals surface area contributed by atoms with Gasteiger partial charge in [-0.3, -0.25) is 4.79 Å². The van der Waals surface area contributed by atoms with Gasteiger partial charge in [-0.15, -0.1) is 0 Å². The number of hydrogen-bond acceptors (Lipinski definition) is 3. The lowest BCUT2D eigenvalue weighted by atomic mass is 10.2. The monoisotopic (exact) mass is 196 g/mol. The first kappa shape index (κ1) is 11.0. The second-order valence-electron chi connectivity index (χ2n) is 3.43. The summed E-state index contributed by atoms with van der Waals surface area (Å²) in [7, 11) is 0. The lowest BCUT2D eigenvalue weighted by molar-refractivity contribution is -0.136. The third-order valence-corrected chi connectivity index (χ3v) is 2.30. The highest BCUT2D eigenvalue weighted by atomic mass is 16.5. The summed E-state index contributed by atoms with van der Waals surface area (Å²) in [6, 6.07) is 1.91. The molecular formula is C10H16N2O2. The number of amides is 1. The zero-order valence-corrected chi connectivity index (χ0v) is 8.53. The molecule has 0 radical (unpaired) electrons. The Morgan fingerprint density at radius 1 is 1.71 bits per heavy atom. The van der Waals surface area contributed by atoms with Crippen LogP contribution >= 0.6 is 0 Å². The van der Waals surface area contributed by atoms with Gasteiger partial charge in [-0.2, -0.15) is 5.26 Å². The number of nitriles is 1. The van der Waals surface area contributed by atoms with Crippen molar-refractivity contribution in [3.63, 3.8) is 0 Å². The number of rotatable bonds is 4. The summed E-state index contributed by atoms with van der Waals surface area (Å²) < 4.78 is 5.15. The lowest BCUT2D eigenvalue weighted by Gasteiger charge is -2.19. The highest BCUT2D eigenvalue weighted by Crippen LogP contribution is 2.16. The van der Waals surface area contributed by atoms with E-state index in [1.165, 1.54) is 0 Å². The average Bonchev–Trinajstić information content (AvgIpc) is 2.65. The summed E-state index contributed by atoms with van der Waals surface area (Å²) in [5, 5.41) is 8.77. The highest BCUT2D eigenvalue weighted by Gasteiger charge is 2.27. The molecule has 1 aliphatic heterocycles. The molecule has 0 saturated carbocycles. The molecule has 0 N–H and O–H groups in total. The maximum atomic E-state index is 11.5. The maximum Gasteiger partial charge on any atom is 0.249 e. The van der Waals surface area contributed by atoms with Crippen LogP contribution in [0.4, 0.5) is 0 Å². The quantitative estimate of drug-likeness (QED) is 0.628. The van der Waals surface area contributed by atoms with E-state index >= 15 is 0 Å². The van der Waals surface area contributed by atoms with Crippen LogP contribution in [0, 0.1) is 11.3 Å². The van der Waals surface area contributed by atoms with Gasteiger partial charge >= 0.3 is 0 Å². The number of ether oxygens (including phenoxy) is 1. The Hall–Kier alpha value is -1.08. The molecule has 0 spiro atoms. The fraction of sp³-hybridized carbons (Fsp3) is 0.800. The summed E-state index contributed by atoms with van der Waals surface area (Å²) in [5.74, 6) is -0.0532. The predicted octanol–water partition coefficient (Wildman–Crippen LogP) is 0.928. The van der Waals surface area contributed by atoms with E-state index in [1.54, 1.807) is 4.90 Å². The summed E-state index contributed by atoms with van der Waals surface area (Å²) >= 11 is 0. The van der Waals surface area contributed by atoms with Gasteiger partial charge < -0.3 is 9.64 Å². The number of hydrogen-bond donors (Lipinski definition) is 0. The molecule has 0 aliphatic carbocycles. The van der Waals surface area contributed by atoms with Crippen molar-refractivity contribution in [3.05, 3.63) is 0 Å². The molecule has 0 bridgehead atoms. The first-order chi connectivity index (χ1) is 6.79. The summed E-state index contributed by atoms with van der Waals surface area (Å²) in [6.45, 7) is 3.42. The molecule has 4 heteroatoms. The molecule has 1 heterocycles. The van der Waals surface area contributed by atoms with Crippen LogP contribution in [0.25, 0.3) is 0 Å². The minimum atomic E-state index is -0.229. The van der Waals surface area contributed by atoms with Crippen molar-refractivity contribution in [2.75, 3.05) is 19.8 Å². The van der Waals surface area contributed by atoms with Gasteiger partial charge in [-0.05, 0) is 19.3 Å². The predicted molar refractivity (Wildman–Crippen MR) is 51.5 cm³/mol. The topological polar surface area (TPSA) is 53.3 Å². The van der Waals surface area contributed by atoms with E-state index in [2.05, 4.69) is 6.07 Å². The van der Waals surface area contributed by atoms with E-state index in [-0.39, 0.29) is 18.6 Å². The molecule has 0 aromatic heterocycles. The number of nitrogens with zero attached hydrogens (tertiary/aromatic N) is 2. The molecule has 1 atom stereocenters. The van der Waals surface area contributed by atoms with Gasteiger partial charge in [-0.25, -0.2) is 0 Å². The van der Waals surface area contributed by atoms with Crippen LogP contribution in [-0.2, 0) is 9.53 Å². The van der Waals surface area contributed by atoms with Crippen LogP contribution in [0.1, 0.15) is 26.2 Å². The van der Waals surface area contributed by atoms with E-state index in [1.807, 2.05) is 6.92 Å². The van der Waals surface area contributed by atoms with Gasteiger partial charge in [0, 0.05) is 13.2 Å². The Bertz CT molecular complexity index is 235. The highest BCUT2D eigenvalue weighted by molar-refractivity contribution is 5.78. The molecule has 78 valence electrons. The molecule has 0 aromatic rings. The average molecular weight is 196 g/mol. The van der Waals surface area contributed by atoms with Crippen LogP contribution in [0.15, 0.2) is 0 Å². The molecular weight excluding hydrogens is 180 g/mol. The Labute approximate surface area is 84.4 Å². The molecule has 14 heavy (non-hydrogen) atoms. The van der Waals surface area contributed by atoms with Gasteiger partial charge in [0.05, 0.1) is 6.07 Å². The third kappa shape index (κ3) is 2.71. The Balaban J connectivity index is 2.33. The standard InChI is InChI=1S/C10H16N2O2/c1-2-6-14-8-10(13)12-5-3-4-9(12)7-11/h9H,2-6,8H2,1H3. The van der Waals surface area contributed by atoms with E-state index < -0.39 is 0 Å². The van der Waals surface area contributed by atoms with Crippen molar-refractivity contribution in [2.45, 2.75) is 32.2 Å². The van der Waals surface area contributed by atoms with Crippen LogP contribution in [0.5, 0.6) is 0 Å². The Kier molecular flexibility index (Phi) is 4.41. The molecule has 1 fully saturated rings. The SMILES string of the molecule is CCCOCC(=O)N1CCCC1C#N. The Morgan fingerprint density at radius 3 is 3.14 bits per heavy atom. The maximum absolute atomic E-state index is 11.5. The first-order valence-corrected chi connectivity index (χ1v) is 5.06. The number of carbonyl (C=O) groups excluding carboxylic acids is 1. The molecule has 1 saturated heterocycles. The van der Waals surface area contributed by atoms with Crippen LogP contribution < -0.4 is 0 Å². The van der Waals surface area contributed by atoms with Crippen molar-refractivity contribution >= 4 is 5.91 Å². The Morgan fingerprint density at radius 2 is 2.50 bits per heavy atom. The van der Waals surface area contributed by atoms with Crippen LogP contribution in [0.3, 0.4) is 0 Å². The summed E-state index contributed by atoms with van der Waals surface area (Å²) in [6.07, 6.45) is 2.64. The van der Waals surface area contributed by atoms with Crippen molar-refractivity contribution in [2.24, 2.45) is 0 Å². The minimum absolute atomic E-state index is 0.0532. The van der Waals surface area contributed by atoms with Gasteiger partial charge in [0.1, 0.15) is 12.6 Å². The minimum Gasteiger partial charge on any atom is -0.372 e. The van der Waals surface area contributed by atoms with E-state index in [0.29, 0.717) is 13.2 Å². The fourth-order valence-electron chi connectivity index (χ4n) is 1.59. The molecule has 1 aliphatic rings. The van der Waals surface area contributed by atoms with E-state index in [0.717, 1.165) is 19.3 Å². The summed E-state index contributed by atoms with van der Waals surface area (Å²) in [5.41, 5.74) is 0. The second kappa shape index (κ2) is 5.61. The van der Waals surface area contributed by atoms with Crippen molar-refractivity contribution < 1.29 is 9.53 Å². The van der Waals surface area contributed by atoms with E-state index in [9.17, 15) is 4.79 Å². The van der Waals surface area contributed by atoms with Gasteiger partial charge in [0.25, 0.3) is 0 Å². The largest absolute Gasteiger partial charge is 0.372 e. The molecule has 1 rings (SSSR count).